The molecule has 0 saturated carbocycles. The van der Waals surface area contributed by atoms with Gasteiger partial charge in [-0.1, -0.05) is 11.6 Å². The Balaban J connectivity index is 1.24. The van der Waals surface area contributed by atoms with E-state index in [2.05, 4.69) is 15.6 Å². The van der Waals surface area contributed by atoms with E-state index in [9.17, 15) is 14.9 Å². The van der Waals surface area contributed by atoms with Crippen molar-refractivity contribution in [3.05, 3.63) is 81.4 Å². The molecule has 0 aliphatic carbocycles. The topological polar surface area (TPSA) is 114 Å². The number of piperidine rings is 1. The number of oxazole rings is 1. The van der Waals surface area contributed by atoms with Gasteiger partial charge in [-0.3, -0.25) is 20.2 Å². The number of carbonyl (C=O) groups is 1. The summed E-state index contributed by atoms with van der Waals surface area (Å²) in [6, 6.07) is 16.9. The van der Waals surface area contributed by atoms with Crippen LogP contribution in [0.15, 0.2) is 65.1 Å². The molecule has 0 unspecified atom stereocenters. The Hall–Kier alpha value is -4.02. The fourth-order valence-corrected chi connectivity index (χ4v) is 4.65. The van der Waals surface area contributed by atoms with E-state index in [1.165, 1.54) is 6.07 Å². The minimum atomic E-state index is -0.535. The number of nitrogens with zero attached hydrogens (tertiary/aromatic N) is 3. The number of carbonyl (C=O) groups excluding carboxylic acids is 1. The molecule has 9 nitrogen and oxygen atoms in total. The highest BCUT2D eigenvalue weighted by Crippen LogP contribution is 2.31. The van der Waals surface area contributed by atoms with Crippen LogP contribution in [-0.2, 0) is 0 Å². The number of amides is 1. The molecule has 1 fully saturated rings. The molecule has 0 bridgehead atoms. The van der Waals surface area contributed by atoms with Gasteiger partial charge in [0.25, 0.3) is 11.6 Å². The van der Waals surface area contributed by atoms with Crippen LogP contribution in [0, 0.1) is 10.1 Å². The number of anilines is 2. The predicted molar refractivity (Wildman–Crippen MR) is 147 cm³/mol. The first kappa shape index (κ1) is 24.7. The van der Waals surface area contributed by atoms with Gasteiger partial charge in [-0.15, -0.1) is 0 Å². The molecule has 0 spiro atoms. The zero-order valence-corrected chi connectivity index (χ0v) is 21.1. The lowest BCUT2D eigenvalue weighted by Crippen LogP contribution is -2.34. The normalized spacial score (nSPS) is 13.4. The minimum absolute atomic E-state index is 0.0667. The van der Waals surface area contributed by atoms with E-state index in [0.29, 0.717) is 33.4 Å². The number of nitro groups is 1. The number of halogens is 1. The Kier molecular flexibility index (Phi) is 7.02. The van der Waals surface area contributed by atoms with Crippen molar-refractivity contribution in [1.29, 1.82) is 0 Å². The Labute approximate surface area is 222 Å². The molecule has 2 heterocycles. The van der Waals surface area contributed by atoms with E-state index in [1.807, 2.05) is 17.0 Å². The zero-order chi connectivity index (χ0) is 25.9. The van der Waals surface area contributed by atoms with Gasteiger partial charge in [0.05, 0.1) is 4.92 Å². The fourth-order valence-electron chi connectivity index (χ4n) is 4.27. The number of hydrogen-bond donors (Lipinski definition) is 2. The van der Waals surface area contributed by atoms with Gasteiger partial charge in [0, 0.05) is 41.0 Å². The van der Waals surface area contributed by atoms with Crippen LogP contribution in [0.3, 0.4) is 0 Å². The van der Waals surface area contributed by atoms with Crippen LogP contribution in [0.5, 0.6) is 0 Å². The molecule has 4 aromatic rings. The number of thiocarbonyl (C=S) groups is 1. The molecule has 1 amide bonds. The summed E-state index contributed by atoms with van der Waals surface area (Å²) < 4.78 is 5.78. The van der Waals surface area contributed by atoms with E-state index in [0.717, 1.165) is 37.9 Å². The van der Waals surface area contributed by atoms with Crippen LogP contribution in [0.25, 0.3) is 22.6 Å². The van der Waals surface area contributed by atoms with Crippen LogP contribution in [0.1, 0.15) is 29.6 Å². The molecule has 5 rings (SSSR count). The van der Waals surface area contributed by atoms with Gasteiger partial charge >= 0.3 is 0 Å². The predicted octanol–water partition coefficient (Wildman–Crippen LogP) is 6.17. The van der Waals surface area contributed by atoms with Gasteiger partial charge < -0.3 is 14.6 Å². The summed E-state index contributed by atoms with van der Waals surface area (Å²) in [7, 11) is 0. The lowest BCUT2D eigenvalue weighted by atomic mass is 10.1. The Morgan fingerprint density at radius 1 is 1.05 bits per heavy atom. The summed E-state index contributed by atoms with van der Waals surface area (Å²) in [6.07, 6.45) is 3.10. The Bertz CT molecular complexity index is 1500. The summed E-state index contributed by atoms with van der Waals surface area (Å²) in [5.74, 6) is -0.0816. The largest absolute Gasteiger partial charge is 0.436 e. The van der Waals surface area contributed by atoms with E-state index >= 15 is 0 Å². The smallest absolute Gasteiger partial charge is 0.293 e. The molecule has 0 atom stereocenters. The van der Waals surface area contributed by atoms with Gasteiger partial charge in [-0.25, -0.2) is 4.98 Å². The number of fused-ring (bicyclic) bond motifs is 1. The monoisotopic (exact) mass is 535 g/mol. The first-order valence-corrected chi connectivity index (χ1v) is 12.5. The lowest BCUT2D eigenvalue weighted by molar-refractivity contribution is -0.384. The second kappa shape index (κ2) is 10.5. The third-order valence-electron chi connectivity index (χ3n) is 6.10. The van der Waals surface area contributed by atoms with E-state index in [1.54, 1.807) is 42.5 Å². The number of benzene rings is 3. The maximum Gasteiger partial charge on any atom is 0.293 e. The molecule has 1 aliphatic rings. The third-order valence-corrected chi connectivity index (χ3v) is 6.54. The van der Waals surface area contributed by atoms with Crippen molar-refractivity contribution in [2.24, 2.45) is 0 Å². The molecular weight excluding hydrogens is 514 g/mol. The zero-order valence-electron chi connectivity index (χ0n) is 19.6. The fraction of sp³-hybridized carbons (Fsp3) is 0.192. The quantitative estimate of drug-likeness (QED) is 0.177. The van der Waals surface area contributed by atoms with E-state index in [4.69, 9.17) is 28.2 Å². The molecule has 1 saturated heterocycles. The molecule has 0 radical (unpaired) electrons. The second-order valence-electron chi connectivity index (χ2n) is 8.62. The van der Waals surface area contributed by atoms with Crippen LogP contribution < -0.4 is 15.5 Å². The van der Waals surface area contributed by atoms with Crippen LogP contribution in [0.2, 0.25) is 5.02 Å². The second-order valence-corrected chi connectivity index (χ2v) is 9.47. The van der Waals surface area contributed by atoms with Crippen LogP contribution >= 0.6 is 23.8 Å². The third kappa shape index (κ3) is 5.55. The molecule has 11 heteroatoms. The number of nitro benzene ring substituents is 1. The van der Waals surface area contributed by atoms with Crippen molar-refractivity contribution < 1.29 is 14.1 Å². The van der Waals surface area contributed by atoms with Gasteiger partial charge in [0.2, 0.25) is 5.89 Å². The summed E-state index contributed by atoms with van der Waals surface area (Å²) >= 11 is 11.3. The van der Waals surface area contributed by atoms with Gasteiger partial charge in [-0.2, -0.15) is 0 Å². The number of hydrogen-bond acceptors (Lipinski definition) is 7. The SMILES string of the molecule is O=C(NC(=S)Nc1ccc(-c2nc3cc(Cl)ccc3o2)cc1)c1ccc(N2CCCCC2)c([N+](=O)[O-])c1. The van der Waals surface area contributed by atoms with Crippen molar-refractivity contribution in [3.8, 4) is 11.5 Å². The maximum atomic E-state index is 12.8. The maximum absolute atomic E-state index is 12.8. The van der Waals surface area contributed by atoms with Crippen LogP contribution in [-0.4, -0.2) is 34.0 Å². The highest BCUT2D eigenvalue weighted by Gasteiger charge is 2.23. The molecule has 2 N–H and O–H groups in total. The first-order valence-electron chi connectivity index (χ1n) is 11.7. The van der Waals surface area contributed by atoms with Crippen molar-refractivity contribution in [3.63, 3.8) is 0 Å². The molecule has 3 aromatic carbocycles. The first-order chi connectivity index (χ1) is 17.9. The highest BCUT2D eigenvalue weighted by atomic mass is 35.5. The standard InChI is InChI=1S/C26H22ClN5O4S/c27-18-7-11-23-20(15-18)29-25(36-23)16-4-8-19(9-5-16)28-26(37)30-24(33)17-6-10-21(22(14-17)32(34)35)31-12-2-1-3-13-31/h4-11,14-15H,1-3,12-13H2,(H2,28,30,33,37). The average molecular weight is 536 g/mol. The van der Waals surface area contributed by atoms with Gasteiger partial charge in [0.1, 0.15) is 11.2 Å². The van der Waals surface area contributed by atoms with Crippen LogP contribution in [0.4, 0.5) is 17.1 Å². The number of aromatic nitrogens is 1. The van der Waals surface area contributed by atoms with Gasteiger partial charge in [-0.05, 0) is 86.1 Å². The van der Waals surface area contributed by atoms with Crippen molar-refractivity contribution in [2.45, 2.75) is 19.3 Å². The Morgan fingerprint density at radius 3 is 2.54 bits per heavy atom. The Morgan fingerprint density at radius 2 is 1.81 bits per heavy atom. The van der Waals surface area contributed by atoms with Crippen molar-refractivity contribution in [2.75, 3.05) is 23.3 Å². The van der Waals surface area contributed by atoms with Crippen molar-refractivity contribution >= 4 is 63.0 Å². The molecule has 1 aliphatic heterocycles. The highest BCUT2D eigenvalue weighted by molar-refractivity contribution is 7.80. The average Bonchev–Trinajstić information content (AvgIpc) is 3.32. The molecule has 1 aromatic heterocycles. The van der Waals surface area contributed by atoms with Gasteiger partial charge in [0.15, 0.2) is 10.7 Å². The summed E-state index contributed by atoms with van der Waals surface area (Å²) in [5.41, 5.74) is 3.29. The number of rotatable bonds is 5. The molecule has 188 valence electrons. The minimum Gasteiger partial charge on any atom is -0.436 e. The molecular formula is C26H22ClN5O4S. The van der Waals surface area contributed by atoms with E-state index < -0.39 is 10.8 Å². The van der Waals surface area contributed by atoms with Crippen molar-refractivity contribution in [1.82, 2.24) is 10.3 Å². The lowest BCUT2D eigenvalue weighted by Gasteiger charge is -2.28. The molecule has 37 heavy (non-hydrogen) atoms. The summed E-state index contributed by atoms with van der Waals surface area (Å²) in [4.78, 5) is 30.4. The van der Waals surface area contributed by atoms with E-state index in [-0.39, 0.29) is 16.4 Å². The summed E-state index contributed by atoms with van der Waals surface area (Å²) in [6.45, 7) is 1.53. The summed E-state index contributed by atoms with van der Waals surface area (Å²) in [5, 5.41) is 17.9. The number of nitrogens with one attached hydrogen (secondary N) is 2.